The minimum atomic E-state index is -1.92. The molecule has 2 rings (SSSR count). The highest BCUT2D eigenvalue weighted by atomic mass is 32.2. The van der Waals surface area contributed by atoms with Gasteiger partial charge < -0.3 is 10.4 Å². The molecule has 2 N–H and O–H groups in total. The Balaban J connectivity index is 2.83. The van der Waals surface area contributed by atoms with Gasteiger partial charge in [-0.3, -0.25) is 4.21 Å². The fourth-order valence-electron chi connectivity index (χ4n) is 1.57. The SMILES string of the molecule is O=C(O)c1c(F)c(F)c2c(c1F)NCCS2=O. The first-order chi connectivity index (χ1) is 7.95. The molecule has 1 aliphatic heterocycles. The molecular formula is C9H6F3NO3S. The van der Waals surface area contributed by atoms with Crippen LogP contribution in [0, 0.1) is 17.5 Å². The van der Waals surface area contributed by atoms with Gasteiger partial charge in [-0.15, -0.1) is 0 Å². The Hall–Kier alpha value is -1.57. The molecular weight excluding hydrogens is 259 g/mol. The van der Waals surface area contributed by atoms with Crippen molar-refractivity contribution in [3.8, 4) is 0 Å². The molecule has 0 spiro atoms. The van der Waals surface area contributed by atoms with Crippen LogP contribution < -0.4 is 5.32 Å². The summed E-state index contributed by atoms with van der Waals surface area (Å²) in [5.74, 6) is -6.75. The predicted molar refractivity (Wildman–Crippen MR) is 53.0 cm³/mol. The Kier molecular flexibility index (Phi) is 2.82. The molecule has 1 atom stereocenters. The molecule has 0 aromatic heterocycles. The number of carbonyl (C=O) groups is 1. The van der Waals surface area contributed by atoms with E-state index in [0.717, 1.165) is 0 Å². The lowest BCUT2D eigenvalue weighted by molar-refractivity contribution is 0.0685. The van der Waals surface area contributed by atoms with Crippen molar-refractivity contribution in [1.82, 2.24) is 0 Å². The van der Waals surface area contributed by atoms with E-state index in [-0.39, 0.29) is 12.3 Å². The number of anilines is 1. The number of carboxylic acid groups (broad SMARTS) is 1. The Morgan fingerprint density at radius 1 is 1.24 bits per heavy atom. The average molecular weight is 265 g/mol. The molecule has 1 heterocycles. The molecule has 0 saturated carbocycles. The molecule has 1 aromatic carbocycles. The number of fused-ring (bicyclic) bond motifs is 1. The standard InChI is InChI=1S/C9H6F3NO3S/c10-4-3(9(14)15)5(11)7-8(6(4)12)17(16)2-1-13-7/h13H,1-2H2,(H,14,15). The van der Waals surface area contributed by atoms with Gasteiger partial charge in [-0.05, 0) is 0 Å². The van der Waals surface area contributed by atoms with Gasteiger partial charge in [0, 0.05) is 12.3 Å². The summed E-state index contributed by atoms with van der Waals surface area (Å²) >= 11 is 0. The van der Waals surface area contributed by atoms with Gasteiger partial charge in [0.25, 0.3) is 0 Å². The number of benzene rings is 1. The number of hydrogen-bond donors (Lipinski definition) is 2. The van der Waals surface area contributed by atoms with Crippen molar-refractivity contribution in [2.75, 3.05) is 17.6 Å². The Morgan fingerprint density at radius 3 is 2.47 bits per heavy atom. The summed E-state index contributed by atoms with van der Waals surface area (Å²) in [5.41, 5.74) is -1.92. The predicted octanol–water partition coefficient (Wildman–Crippen LogP) is 1.34. The van der Waals surface area contributed by atoms with Crippen LogP contribution in [0.2, 0.25) is 0 Å². The number of hydrogen-bond acceptors (Lipinski definition) is 3. The normalized spacial score (nSPS) is 18.4. The minimum absolute atomic E-state index is 0.00914. The first-order valence-corrected chi connectivity index (χ1v) is 5.83. The zero-order chi connectivity index (χ0) is 12.7. The molecule has 0 bridgehead atoms. The third-order valence-electron chi connectivity index (χ3n) is 2.31. The Labute approximate surface area is 95.9 Å². The smallest absolute Gasteiger partial charge is 0.341 e. The number of rotatable bonds is 1. The second kappa shape index (κ2) is 4.02. The number of carboxylic acids is 1. The fourth-order valence-corrected chi connectivity index (χ4v) is 2.74. The molecule has 0 aliphatic carbocycles. The topological polar surface area (TPSA) is 66.4 Å². The van der Waals surface area contributed by atoms with Crippen molar-refractivity contribution in [1.29, 1.82) is 0 Å². The summed E-state index contributed by atoms with van der Waals surface area (Å²) in [5, 5.41) is 11.0. The molecule has 8 heteroatoms. The Morgan fingerprint density at radius 2 is 1.88 bits per heavy atom. The summed E-state index contributed by atoms with van der Waals surface area (Å²) in [6, 6.07) is 0. The minimum Gasteiger partial charge on any atom is -0.477 e. The molecule has 1 aliphatic rings. The molecule has 1 aromatic rings. The number of aromatic carboxylic acids is 1. The number of halogens is 3. The van der Waals surface area contributed by atoms with Crippen molar-refractivity contribution in [2.45, 2.75) is 4.90 Å². The molecule has 4 nitrogen and oxygen atoms in total. The van der Waals surface area contributed by atoms with Gasteiger partial charge in [-0.1, -0.05) is 0 Å². The second-order valence-corrected chi connectivity index (χ2v) is 4.81. The van der Waals surface area contributed by atoms with E-state index in [0.29, 0.717) is 0 Å². The van der Waals surface area contributed by atoms with E-state index in [1.807, 2.05) is 0 Å². The van der Waals surface area contributed by atoms with Crippen LogP contribution in [-0.4, -0.2) is 27.6 Å². The van der Waals surface area contributed by atoms with Crippen LogP contribution >= 0.6 is 0 Å². The molecule has 1 unspecified atom stereocenters. The van der Waals surface area contributed by atoms with Crippen molar-refractivity contribution in [3.63, 3.8) is 0 Å². The summed E-state index contributed by atoms with van der Waals surface area (Å²) in [7, 11) is -1.88. The second-order valence-electron chi connectivity index (χ2n) is 3.30. The Bertz CT molecular complexity index is 547. The van der Waals surface area contributed by atoms with E-state index in [9.17, 15) is 22.2 Å². The van der Waals surface area contributed by atoms with Gasteiger partial charge in [0.1, 0.15) is 10.5 Å². The highest BCUT2D eigenvalue weighted by Crippen LogP contribution is 2.33. The summed E-state index contributed by atoms with van der Waals surface area (Å²) in [4.78, 5) is 9.97. The first kappa shape index (κ1) is 11.9. The largest absolute Gasteiger partial charge is 0.477 e. The van der Waals surface area contributed by atoms with Crippen LogP contribution in [0.5, 0.6) is 0 Å². The lowest BCUT2D eigenvalue weighted by Crippen LogP contribution is -2.24. The van der Waals surface area contributed by atoms with E-state index in [2.05, 4.69) is 5.32 Å². The van der Waals surface area contributed by atoms with E-state index in [1.54, 1.807) is 0 Å². The van der Waals surface area contributed by atoms with E-state index >= 15 is 0 Å². The maximum absolute atomic E-state index is 13.6. The average Bonchev–Trinajstić information content (AvgIpc) is 2.25. The number of nitrogens with one attached hydrogen (secondary N) is 1. The van der Waals surface area contributed by atoms with Crippen molar-refractivity contribution < 1.29 is 27.3 Å². The van der Waals surface area contributed by atoms with Crippen LogP contribution in [-0.2, 0) is 10.8 Å². The zero-order valence-electron chi connectivity index (χ0n) is 8.22. The molecule has 17 heavy (non-hydrogen) atoms. The molecule has 0 amide bonds. The van der Waals surface area contributed by atoms with Gasteiger partial charge in [-0.2, -0.15) is 0 Å². The monoisotopic (exact) mass is 265 g/mol. The van der Waals surface area contributed by atoms with E-state index in [1.165, 1.54) is 0 Å². The maximum atomic E-state index is 13.6. The zero-order valence-corrected chi connectivity index (χ0v) is 9.04. The van der Waals surface area contributed by atoms with Crippen molar-refractivity contribution >= 4 is 22.5 Å². The van der Waals surface area contributed by atoms with Gasteiger partial charge >= 0.3 is 5.97 Å². The highest BCUT2D eigenvalue weighted by Gasteiger charge is 2.32. The fraction of sp³-hybridized carbons (Fsp3) is 0.222. The van der Waals surface area contributed by atoms with Crippen LogP contribution in [0.1, 0.15) is 10.4 Å². The molecule has 0 fully saturated rings. The van der Waals surface area contributed by atoms with E-state index in [4.69, 9.17) is 5.11 Å². The van der Waals surface area contributed by atoms with Gasteiger partial charge in [0.05, 0.1) is 16.5 Å². The first-order valence-electron chi connectivity index (χ1n) is 4.51. The third-order valence-corrected chi connectivity index (χ3v) is 3.72. The molecule has 0 radical (unpaired) electrons. The van der Waals surface area contributed by atoms with Crippen LogP contribution in [0.15, 0.2) is 4.90 Å². The van der Waals surface area contributed by atoms with Crippen LogP contribution in [0.3, 0.4) is 0 Å². The van der Waals surface area contributed by atoms with Gasteiger partial charge in [-0.25, -0.2) is 18.0 Å². The third kappa shape index (κ3) is 1.68. The molecule has 0 saturated heterocycles. The maximum Gasteiger partial charge on any atom is 0.341 e. The summed E-state index contributed by atoms with van der Waals surface area (Å²) < 4.78 is 51.9. The highest BCUT2D eigenvalue weighted by molar-refractivity contribution is 7.85. The van der Waals surface area contributed by atoms with Gasteiger partial charge in [0.2, 0.25) is 0 Å². The lowest BCUT2D eigenvalue weighted by atomic mass is 10.1. The van der Waals surface area contributed by atoms with Crippen molar-refractivity contribution in [3.05, 3.63) is 23.0 Å². The quantitative estimate of drug-likeness (QED) is 0.752. The van der Waals surface area contributed by atoms with Crippen molar-refractivity contribution in [2.24, 2.45) is 0 Å². The summed E-state index contributed by atoms with van der Waals surface area (Å²) in [6.07, 6.45) is 0. The van der Waals surface area contributed by atoms with Crippen LogP contribution in [0.25, 0.3) is 0 Å². The molecule has 92 valence electrons. The van der Waals surface area contributed by atoms with Gasteiger partial charge in [0.15, 0.2) is 17.5 Å². The van der Waals surface area contributed by atoms with Crippen LogP contribution in [0.4, 0.5) is 18.9 Å². The van der Waals surface area contributed by atoms with E-state index < -0.39 is 50.4 Å². The summed E-state index contributed by atoms with van der Waals surface area (Å²) in [6.45, 7) is 0.0979. The lowest BCUT2D eigenvalue weighted by Gasteiger charge is -2.20.